The molecule has 0 radical (unpaired) electrons. The maximum Gasteiger partial charge on any atom is 0.0624 e. The van der Waals surface area contributed by atoms with Crippen molar-refractivity contribution in [2.24, 2.45) is 5.41 Å². The molecular weight excluding hydrogens is 277 g/mol. The zero-order valence-corrected chi connectivity index (χ0v) is 13.7. The van der Waals surface area contributed by atoms with Gasteiger partial charge >= 0.3 is 0 Å². The zero-order valence-electron chi connectivity index (χ0n) is 12.2. The molecule has 1 aromatic carbocycles. The summed E-state index contributed by atoms with van der Waals surface area (Å²) < 4.78 is 0. The van der Waals surface area contributed by atoms with E-state index in [-0.39, 0.29) is 5.41 Å². The van der Waals surface area contributed by atoms with E-state index < -0.39 is 0 Å². The molecule has 0 aromatic heterocycles. The standard InChI is InChI=1S/C16H25Cl2N/c1-4-10-19-12-16(5-2,6-3)11-13-8-7-9-14(17)15(13)18/h7-9,19H,4-6,10-12H2,1-3H3. The summed E-state index contributed by atoms with van der Waals surface area (Å²) in [5.74, 6) is 0. The summed E-state index contributed by atoms with van der Waals surface area (Å²) >= 11 is 12.4. The van der Waals surface area contributed by atoms with E-state index in [0.717, 1.165) is 37.9 Å². The lowest BCUT2D eigenvalue weighted by Crippen LogP contribution is -2.35. The number of nitrogens with one attached hydrogen (secondary N) is 1. The minimum Gasteiger partial charge on any atom is -0.316 e. The van der Waals surface area contributed by atoms with Crippen molar-refractivity contribution in [2.75, 3.05) is 13.1 Å². The monoisotopic (exact) mass is 301 g/mol. The summed E-state index contributed by atoms with van der Waals surface area (Å²) in [4.78, 5) is 0. The molecule has 0 aliphatic carbocycles. The highest BCUT2D eigenvalue weighted by molar-refractivity contribution is 6.42. The lowest BCUT2D eigenvalue weighted by Gasteiger charge is -2.32. The van der Waals surface area contributed by atoms with Crippen molar-refractivity contribution < 1.29 is 0 Å². The molecule has 1 aromatic rings. The molecule has 1 N–H and O–H groups in total. The van der Waals surface area contributed by atoms with Crippen LogP contribution in [0.25, 0.3) is 0 Å². The Hall–Kier alpha value is -0.240. The first-order valence-corrected chi connectivity index (χ1v) is 7.97. The average molecular weight is 302 g/mol. The third kappa shape index (κ3) is 4.66. The molecule has 0 saturated heterocycles. The Labute approximate surface area is 127 Å². The molecule has 0 amide bonds. The number of benzene rings is 1. The van der Waals surface area contributed by atoms with Crippen molar-refractivity contribution in [2.45, 2.75) is 46.5 Å². The van der Waals surface area contributed by atoms with Crippen molar-refractivity contribution in [3.05, 3.63) is 33.8 Å². The Morgan fingerprint density at radius 3 is 2.37 bits per heavy atom. The Morgan fingerprint density at radius 1 is 1.11 bits per heavy atom. The summed E-state index contributed by atoms with van der Waals surface area (Å²) in [6.45, 7) is 8.83. The van der Waals surface area contributed by atoms with Gasteiger partial charge in [0.1, 0.15) is 0 Å². The molecule has 0 atom stereocenters. The van der Waals surface area contributed by atoms with Crippen LogP contribution in [0.1, 0.15) is 45.6 Å². The normalized spacial score (nSPS) is 11.8. The lowest BCUT2D eigenvalue weighted by molar-refractivity contribution is 0.247. The van der Waals surface area contributed by atoms with Crippen LogP contribution in [-0.4, -0.2) is 13.1 Å². The van der Waals surface area contributed by atoms with E-state index in [1.54, 1.807) is 0 Å². The van der Waals surface area contributed by atoms with Gasteiger partial charge in [0.25, 0.3) is 0 Å². The van der Waals surface area contributed by atoms with Crippen LogP contribution in [0.15, 0.2) is 18.2 Å². The summed E-state index contributed by atoms with van der Waals surface area (Å²) in [7, 11) is 0. The quantitative estimate of drug-likeness (QED) is 0.639. The second-order valence-electron chi connectivity index (χ2n) is 5.27. The summed E-state index contributed by atoms with van der Waals surface area (Å²) in [5.41, 5.74) is 1.43. The number of hydrogen-bond donors (Lipinski definition) is 1. The number of rotatable bonds is 8. The van der Waals surface area contributed by atoms with Gasteiger partial charge in [-0.1, -0.05) is 56.1 Å². The molecule has 3 heteroatoms. The van der Waals surface area contributed by atoms with Crippen LogP contribution in [0.2, 0.25) is 10.0 Å². The molecular formula is C16H25Cl2N. The Morgan fingerprint density at radius 2 is 1.79 bits per heavy atom. The van der Waals surface area contributed by atoms with E-state index in [4.69, 9.17) is 23.2 Å². The Kier molecular flexibility index (Phi) is 7.20. The molecule has 0 aliphatic rings. The van der Waals surface area contributed by atoms with Crippen molar-refractivity contribution in [3.63, 3.8) is 0 Å². The second kappa shape index (κ2) is 8.14. The van der Waals surface area contributed by atoms with E-state index in [9.17, 15) is 0 Å². The third-order valence-electron chi connectivity index (χ3n) is 4.02. The van der Waals surface area contributed by atoms with Gasteiger partial charge in [-0.25, -0.2) is 0 Å². The van der Waals surface area contributed by atoms with E-state index >= 15 is 0 Å². The van der Waals surface area contributed by atoms with Gasteiger partial charge in [-0.3, -0.25) is 0 Å². The first kappa shape index (κ1) is 16.8. The van der Waals surface area contributed by atoms with E-state index in [2.05, 4.69) is 32.2 Å². The van der Waals surface area contributed by atoms with Gasteiger partial charge in [-0.15, -0.1) is 0 Å². The fourth-order valence-corrected chi connectivity index (χ4v) is 2.82. The second-order valence-corrected chi connectivity index (χ2v) is 6.06. The van der Waals surface area contributed by atoms with Crippen LogP contribution in [0.3, 0.4) is 0 Å². The molecule has 0 bridgehead atoms. The van der Waals surface area contributed by atoms with Gasteiger partial charge < -0.3 is 5.32 Å². The van der Waals surface area contributed by atoms with Crippen LogP contribution < -0.4 is 5.32 Å². The highest BCUT2D eigenvalue weighted by Crippen LogP contribution is 2.35. The molecule has 1 rings (SSSR count). The zero-order chi connectivity index (χ0) is 14.3. The van der Waals surface area contributed by atoms with E-state index in [1.807, 2.05) is 12.1 Å². The highest BCUT2D eigenvalue weighted by atomic mass is 35.5. The minimum absolute atomic E-state index is 0.267. The molecule has 0 heterocycles. The highest BCUT2D eigenvalue weighted by Gasteiger charge is 2.27. The SMILES string of the molecule is CCCNCC(CC)(CC)Cc1cccc(Cl)c1Cl. The largest absolute Gasteiger partial charge is 0.316 e. The van der Waals surface area contributed by atoms with E-state index in [0.29, 0.717) is 10.0 Å². The van der Waals surface area contributed by atoms with Crippen molar-refractivity contribution in [3.8, 4) is 0 Å². The van der Waals surface area contributed by atoms with Crippen molar-refractivity contribution in [1.82, 2.24) is 5.32 Å². The fraction of sp³-hybridized carbons (Fsp3) is 0.625. The first-order chi connectivity index (χ1) is 9.08. The number of hydrogen-bond acceptors (Lipinski definition) is 1. The molecule has 1 nitrogen and oxygen atoms in total. The van der Waals surface area contributed by atoms with Crippen molar-refractivity contribution in [1.29, 1.82) is 0 Å². The maximum absolute atomic E-state index is 6.32. The van der Waals surface area contributed by atoms with Crippen LogP contribution in [0, 0.1) is 5.41 Å². The molecule has 0 unspecified atom stereocenters. The van der Waals surface area contributed by atoms with Gasteiger partial charge in [-0.2, -0.15) is 0 Å². The van der Waals surface area contributed by atoms with Crippen LogP contribution in [0.5, 0.6) is 0 Å². The summed E-state index contributed by atoms with van der Waals surface area (Å²) in [5, 5.41) is 4.92. The minimum atomic E-state index is 0.267. The topological polar surface area (TPSA) is 12.0 Å². The molecule has 19 heavy (non-hydrogen) atoms. The number of halogens is 2. The third-order valence-corrected chi connectivity index (χ3v) is 4.88. The van der Waals surface area contributed by atoms with Gasteiger partial charge in [0, 0.05) is 6.54 Å². The van der Waals surface area contributed by atoms with Gasteiger partial charge in [-0.05, 0) is 49.3 Å². The predicted molar refractivity (Wildman–Crippen MR) is 86.3 cm³/mol. The molecule has 0 fully saturated rings. The Balaban J connectivity index is 2.85. The average Bonchev–Trinajstić information content (AvgIpc) is 2.43. The van der Waals surface area contributed by atoms with Crippen LogP contribution in [0.4, 0.5) is 0 Å². The summed E-state index contributed by atoms with van der Waals surface area (Å²) in [6.07, 6.45) is 4.43. The van der Waals surface area contributed by atoms with Crippen LogP contribution >= 0.6 is 23.2 Å². The molecule has 108 valence electrons. The van der Waals surface area contributed by atoms with Gasteiger partial charge in [0.2, 0.25) is 0 Å². The molecule has 0 spiro atoms. The Bertz CT molecular complexity index is 386. The van der Waals surface area contributed by atoms with Crippen LogP contribution in [-0.2, 0) is 6.42 Å². The lowest BCUT2D eigenvalue weighted by atomic mass is 9.77. The van der Waals surface area contributed by atoms with E-state index in [1.165, 1.54) is 6.42 Å². The predicted octanol–water partition coefficient (Wildman–Crippen LogP) is 5.34. The summed E-state index contributed by atoms with van der Waals surface area (Å²) in [6, 6.07) is 5.93. The fourth-order valence-electron chi connectivity index (χ4n) is 2.43. The first-order valence-electron chi connectivity index (χ1n) is 7.22. The molecule has 0 aliphatic heterocycles. The van der Waals surface area contributed by atoms with Gasteiger partial charge in [0.15, 0.2) is 0 Å². The molecule has 0 saturated carbocycles. The van der Waals surface area contributed by atoms with Gasteiger partial charge in [0.05, 0.1) is 10.0 Å². The maximum atomic E-state index is 6.32. The van der Waals surface area contributed by atoms with Crippen molar-refractivity contribution >= 4 is 23.2 Å². The smallest absolute Gasteiger partial charge is 0.0624 e.